The van der Waals surface area contributed by atoms with Crippen LogP contribution in [0.3, 0.4) is 0 Å². The SMILES string of the molecule is COc1cnccc1-c1ccc2c(c1)N(C=O)Cc1cccnc1N2. The number of amides is 1. The number of ether oxygens (including phenoxy) is 1. The monoisotopic (exact) mass is 332 g/mol. The van der Waals surface area contributed by atoms with E-state index in [4.69, 9.17) is 4.74 Å². The van der Waals surface area contributed by atoms with Gasteiger partial charge in [0, 0.05) is 23.5 Å². The average molecular weight is 332 g/mol. The summed E-state index contributed by atoms with van der Waals surface area (Å²) in [5, 5.41) is 3.32. The molecule has 1 aliphatic rings. The van der Waals surface area contributed by atoms with Crippen LogP contribution in [-0.4, -0.2) is 23.5 Å². The highest BCUT2D eigenvalue weighted by Gasteiger charge is 2.20. The molecule has 3 aromatic rings. The lowest BCUT2D eigenvalue weighted by Gasteiger charge is -2.19. The molecule has 6 nitrogen and oxygen atoms in total. The highest BCUT2D eigenvalue weighted by atomic mass is 16.5. The Balaban J connectivity index is 1.84. The molecule has 3 heterocycles. The quantitative estimate of drug-likeness (QED) is 0.745. The zero-order valence-electron chi connectivity index (χ0n) is 13.6. The molecule has 4 rings (SSSR count). The van der Waals surface area contributed by atoms with Crippen molar-refractivity contribution in [2.75, 3.05) is 17.3 Å². The fourth-order valence-electron chi connectivity index (χ4n) is 2.99. The van der Waals surface area contributed by atoms with Crippen molar-refractivity contribution in [3.05, 3.63) is 60.6 Å². The van der Waals surface area contributed by atoms with Crippen molar-refractivity contribution < 1.29 is 9.53 Å². The largest absolute Gasteiger partial charge is 0.494 e. The van der Waals surface area contributed by atoms with Gasteiger partial charge in [0.05, 0.1) is 31.2 Å². The standard InChI is InChI=1S/C19H16N4O2/c1-25-18-10-20-8-6-15(18)13-4-5-16-17(9-13)23(12-24)11-14-3-2-7-21-19(14)22-16/h2-10,12H,11H2,1H3,(H,21,22). The number of pyridine rings is 2. The van der Waals surface area contributed by atoms with Crippen LogP contribution in [0.25, 0.3) is 11.1 Å². The summed E-state index contributed by atoms with van der Waals surface area (Å²) in [6.07, 6.45) is 5.98. The summed E-state index contributed by atoms with van der Waals surface area (Å²) in [6, 6.07) is 11.6. The molecule has 0 fully saturated rings. The van der Waals surface area contributed by atoms with E-state index in [0.29, 0.717) is 12.3 Å². The Labute approximate surface area is 145 Å². The Kier molecular flexibility index (Phi) is 3.78. The van der Waals surface area contributed by atoms with Crippen molar-refractivity contribution >= 4 is 23.6 Å². The fraction of sp³-hybridized carbons (Fsp3) is 0.105. The lowest BCUT2D eigenvalue weighted by atomic mass is 10.0. The molecule has 2 aromatic heterocycles. The van der Waals surface area contributed by atoms with Gasteiger partial charge in [0.15, 0.2) is 0 Å². The van der Waals surface area contributed by atoms with Crippen LogP contribution in [0, 0.1) is 0 Å². The van der Waals surface area contributed by atoms with Gasteiger partial charge in [0.25, 0.3) is 0 Å². The van der Waals surface area contributed by atoms with E-state index in [2.05, 4.69) is 15.3 Å². The zero-order valence-corrected chi connectivity index (χ0v) is 13.6. The van der Waals surface area contributed by atoms with Crippen LogP contribution < -0.4 is 15.0 Å². The van der Waals surface area contributed by atoms with Gasteiger partial charge in [-0.15, -0.1) is 0 Å². The number of anilines is 3. The number of fused-ring (bicyclic) bond motifs is 2. The number of hydrogen-bond acceptors (Lipinski definition) is 5. The Morgan fingerprint density at radius 1 is 1.24 bits per heavy atom. The van der Waals surface area contributed by atoms with Crippen molar-refractivity contribution in [3.63, 3.8) is 0 Å². The van der Waals surface area contributed by atoms with E-state index >= 15 is 0 Å². The smallest absolute Gasteiger partial charge is 0.214 e. The van der Waals surface area contributed by atoms with E-state index in [-0.39, 0.29) is 0 Å². The molecule has 1 N–H and O–H groups in total. The number of hydrogen-bond donors (Lipinski definition) is 1. The molecule has 1 amide bonds. The first-order valence-corrected chi connectivity index (χ1v) is 7.85. The molecule has 6 heteroatoms. The van der Waals surface area contributed by atoms with Crippen molar-refractivity contribution in [2.24, 2.45) is 0 Å². The van der Waals surface area contributed by atoms with E-state index < -0.39 is 0 Å². The maximum atomic E-state index is 11.7. The molecule has 0 radical (unpaired) electrons. The second kappa shape index (κ2) is 6.24. The number of nitrogens with zero attached hydrogens (tertiary/aromatic N) is 3. The van der Waals surface area contributed by atoms with E-state index in [1.807, 2.05) is 36.4 Å². The number of benzene rings is 1. The number of aromatic nitrogens is 2. The Hall–Kier alpha value is -3.41. The summed E-state index contributed by atoms with van der Waals surface area (Å²) in [7, 11) is 1.62. The van der Waals surface area contributed by atoms with E-state index in [9.17, 15) is 4.79 Å². The molecule has 25 heavy (non-hydrogen) atoms. The first kappa shape index (κ1) is 15.1. The lowest BCUT2D eigenvalue weighted by Crippen LogP contribution is -2.19. The predicted octanol–water partition coefficient (Wildman–Crippen LogP) is 3.37. The maximum absolute atomic E-state index is 11.7. The third-order valence-corrected chi connectivity index (χ3v) is 4.23. The van der Waals surface area contributed by atoms with Crippen LogP contribution in [0.4, 0.5) is 17.2 Å². The Morgan fingerprint density at radius 2 is 2.16 bits per heavy atom. The number of rotatable bonds is 3. The summed E-state index contributed by atoms with van der Waals surface area (Å²) in [5.41, 5.74) is 4.47. The predicted molar refractivity (Wildman–Crippen MR) is 96.0 cm³/mol. The molecule has 124 valence electrons. The second-order valence-electron chi connectivity index (χ2n) is 5.68. The van der Waals surface area contributed by atoms with Gasteiger partial charge in [-0.25, -0.2) is 4.98 Å². The van der Waals surface area contributed by atoms with Crippen molar-refractivity contribution in [1.82, 2.24) is 9.97 Å². The molecular formula is C19H16N4O2. The lowest BCUT2D eigenvalue weighted by molar-refractivity contribution is -0.107. The first-order chi connectivity index (χ1) is 12.3. The number of nitrogens with one attached hydrogen (secondary N) is 1. The van der Waals surface area contributed by atoms with Gasteiger partial charge >= 0.3 is 0 Å². The number of methoxy groups -OCH3 is 1. The highest BCUT2D eigenvalue weighted by molar-refractivity contribution is 5.90. The average Bonchev–Trinajstić information content (AvgIpc) is 2.83. The summed E-state index contributed by atoms with van der Waals surface area (Å²) < 4.78 is 5.40. The van der Waals surface area contributed by atoms with E-state index in [1.54, 1.807) is 30.6 Å². The van der Waals surface area contributed by atoms with Gasteiger partial charge in [-0.3, -0.25) is 9.78 Å². The first-order valence-electron chi connectivity index (χ1n) is 7.85. The normalized spacial score (nSPS) is 12.4. The van der Waals surface area contributed by atoms with Crippen LogP contribution in [-0.2, 0) is 11.3 Å². The number of carbonyl (C=O) groups excluding carboxylic acids is 1. The van der Waals surface area contributed by atoms with E-state index in [1.165, 1.54) is 0 Å². The molecule has 0 bridgehead atoms. The van der Waals surface area contributed by atoms with Crippen LogP contribution in [0.15, 0.2) is 55.0 Å². The van der Waals surface area contributed by atoms with Crippen molar-refractivity contribution in [2.45, 2.75) is 6.54 Å². The number of carbonyl (C=O) groups is 1. The second-order valence-corrected chi connectivity index (χ2v) is 5.68. The van der Waals surface area contributed by atoms with Gasteiger partial charge < -0.3 is 15.0 Å². The maximum Gasteiger partial charge on any atom is 0.214 e. The van der Waals surface area contributed by atoms with E-state index in [0.717, 1.165) is 40.3 Å². The van der Waals surface area contributed by atoms with Crippen LogP contribution in [0.1, 0.15) is 5.56 Å². The molecular weight excluding hydrogens is 316 g/mol. The molecule has 0 atom stereocenters. The summed E-state index contributed by atoms with van der Waals surface area (Å²) >= 11 is 0. The molecule has 1 aliphatic heterocycles. The Morgan fingerprint density at radius 3 is 3.00 bits per heavy atom. The molecule has 1 aromatic carbocycles. The highest BCUT2D eigenvalue weighted by Crippen LogP contribution is 2.38. The van der Waals surface area contributed by atoms with Crippen LogP contribution >= 0.6 is 0 Å². The van der Waals surface area contributed by atoms with Crippen LogP contribution in [0.2, 0.25) is 0 Å². The minimum atomic E-state index is 0.462. The molecule has 0 spiro atoms. The summed E-state index contributed by atoms with van der Waals surface area (Å²) in [5.74, 6) is 1.45. The van der Waals surface area contributed by atoms with Crippen molar-refractivity contribution in [1.29, 1.82) is 0 Å². The topological polar surface area (TPSA) is 67.3 Å². The van der Waals surface area contributed by atoms with Gasteiger partial charge in [-0.05, 0) is 29.8 Å². The van der Waals surface area contributed by atoms with Gasteiger partial charge in [-0.2, -0.15) is 0 Å². The fourth-order valence-corrected chi connectivity index (χ4v) is 2.99. The third-order valence-electron chi connectivity index (χ3n) is 4.23. The zero-order chi connectivity index (χ0) is 17.2. The van der Waals surface area contributed by atoms with Crippen molar-refractivity contribution in [3.8, 4) is 16.9 Å². The van der Waals surface area contributed by atoms with Crippen LogP contribution in [0.5, 0.6) is 5.75 Å². The van der Waals surface area contributed by atoms with Gasteiger partial charge in [-0.1, -0.05) is 12.1 Å². The molecule has 0 saturated heterocycles. The molecule has 0 unspecified atom stereocenters. The summed E-state index contributed by atoms with van der Waals surface area (Å²) in [4.78, 5) is 21.8. The minimum Gasteiger partial charge on any atom is -0.494 e. The third kappa shape index (κ3) is 2.67. The summed E-state index contributed by atoms with van der Waals surface area (Å²) in [6.45, 7) is 0.462. The minimum absolute atomic E-state index is 0.462. The molecule has 0 saturated carbocycles. The Bertz CT molecular complexity index is 942. The van der Waals surface area contributed by atoms with Gasteiger partial charge in [0.2, 0.25) is 6.41 Å². The molecule has 0 aliphatic carbocycles. The van der Waals surface area contributed by atoms with Gasteiger partial charge in [0.1, 0.15) is 11.6 Å².